The Kier molecular flexibility index (Phi) is 11.2. The van der Waals surface area contributed by atoms with Gasteiger partial charge in [0, 0.05) is 6.54 Å². The van der Waals surface area contributed by atoms with Crippen molar-refractivity contribution in [3.05, 3.63) is 35.9 Å². The molecule has 2 N–H and O–H groups in total. The maximum atomic E-state index is 13.1. The summed E-state index contributed by atoms with van der Waals surface area (Å²) in [6, 6.07) is 7.85. The quantitative estimate of drug-likeness (QED) is 0.396. The second kappa shape index (κ2) is 13.3. The molecule has 0 aliphatic rings. The summed E-state index contributed by atoms with van der Waals surface area (Å²) in [5.41, 5.74) is -0.106. The van der Waals surface area contributed by atoms with Gasteiger partial charge in [0.05, 0.1) is 7.11 Å². The van der Waals surface area contributed by atoms with Crippen LogP contribution < -0.4 is 10.6 Å². The van der Waals surface area contributed by atoms with E-state index in [1.807, 2.05) is 6.92 Å². The van der Waals surface area contributed by atoms with E-state index < -0.39 is 35.5 Å². The highest BCUT2D eigenvalue weighted by atomic mass is 16.6. The van der Waals surface area contributed by atoms with E-state index >= 15 is 0 Å². The molecule has 32 heavy (non-hydrogen) atoms. The van der Waals surface area contributed by atoms with Crippen LogP contribution >= 0.6 is 0 Å². The van der Waals surface area contributed by atoms with Gasteiger partial charge in [0.15, 0.2) is 0 Å². The van der Waals surface area contributed by atoms with Gasteiger partial charge in [0.1, 0.15) is 24.7 Å². The third-order valence-corrected chi connectivity index (χ3v) is 4.42. The van der Waals surface area contributed by atoms with Gasteiger partial charge in [-0.25, -0.2) is 4.79 Å². The molecule has 9 nitrogen and oxygen atoms in total. The number of hydrogen-bond acceptors (Lipinski definition) is 6. The predicted octanol–water partition coefficient (Wildman–Crippen LogP) is 2.56. The Hall–Kier alpha value is -3.10. The van der Waals surface area contributed by atoms with Crippen molar-refractivity contribution < 1.29 is 28.7 Å². The first-order chi connectivity index (χ1) is 15.1. The summed E-state index contributed by atoms with van der Waals surface area (Å²) < 4.78 is 9.77. The van der Waals surface area contributed by atoms with Crippen LogP contribution in [0.4, 0.5) is 4.79 Å². The number of esters is 1. The summed E-state index contributed by atoms with van der Waals surface area (Å²) >= 11 is 0. The Balaban J connectivity index is 3.09. The van der Waals surface area contributed by atoms with E-state index in [1.54, 1.807) is 51.1 Å². The molecule has 178 valence electrons. The van der Waals surface area contributed by atoms with Gasteiger partial charge >= 0.3 is 12.1 Å². The lowest BCUT2D eigenvalue weighted by atomic mass is 10.0. The number of amides is 3. The molecule has 0 aliphatic carbocycles. The Labute approximate surface area is 189 Å². The molecule has 0 bridgehead atoms. The van der Waals surface area contributed by atoms with Crippen LogP contribution in [0, 0.1) is 0 Å². The van der Waals surface area contributed by atoms with E-state index in [4.69, 9.17) is 4.74 Å². The van der Waals surface area contributed by atoms with Crippen LogP contribution in [-0.2, 0) is 23.9 Å². The van der Waals surface area contributed by atoms with Crippen molar-refractivity contribution in [1.82, 2.24) is 15.5 Å². The van der Waals surface area contributed by atoms with E-state index in [0.29, 0.717) is 18.5 Å². The molecule has 9 heteroatoms. The fraction of sp³-hybridized carbons (Fsp3) is 0.565. The molecule has 1 rings (SSSR count). The standard InChI is InChI=1S/C23H35N3O6/c1-6-7-11-14-26(18(27)15-25-22(30)32-23(2,3)4)20(17-12-9-8-10-13-17)21(29)24-16-19(28)31-5/h8-10,12-13,20H,6-7,11,14-16H2,1-5H3,(H,24,29)(H,25,30). The van der Waals surface area contributed by atoms with Crippen LogP contribution in [0.15, 0.2) is 30.3 Å². The number of ether oxygens (including phenoxy) is 2. The summed E-state index contributed by atoms with van der Waals surface area (Å²) in [5.74, 6) is -1.54. The number of methoxy groups -OCH3 is 1. The van der Waals surface area contributed by atoms with E-state index in [0.717, 1.165) is 12.8 Å². The second-order valence-electron chi connectivity index (χ2n) is 8.26. The van der Waals surface area contributed by atoms with Crippen LogP contribution in [0.2, 0.25) is 0 Å². The first kappa shape index (κ1) is 26.9. The first-order valence-electron chi connectivity index (χ1n) is 10.7. The molecule has 0 aromatic heterocycles. The number of alkyl carbamates (subject to hydrolysis) is 1. The maximum Gasteiger partial charge on any atom is 0.408 e. The van der Waals surface area contributed by atoms with E-state index in [-0.39, 0.29) is 13.1 Å². The van der Waals surface area contributed by atoms with Crippen molar-refractivity contribution in [3.8, 4) is 0 Å². The van der Waals surface area contributed by atoms with Crippen molar-refractivity contribution in [2.75, 3.05) is 26.7 Å². The zero-order chi connectivity index (χ0) is 24.1. The lowest BCUT2D eigenvalue weighted by Crippen LogP contribution is -2.48. The van der Waals surface area contributed by atoms with Crippen LogP contribution in [0.25, 0.3) is 0 Å². The molecule has 1 aromatic rings. The molecule has 0 heterocycles. The molecule has 0 saturated heterocycles. The Morgan fingerprint density at radius 1 is 1.00 bits per heavy atom. The Morgan fingerprint density at radius 2 is 1.66 bits per heavy atom. The third kappa shape index (κ3) is 9.80. The van der Waals surface area contributed by atoms with E-state index in [9.17, 15) is 19.2 Å². The molecule has 1 aromatic carbocycles. The van der Waals surface area contributed by atoms with Gasteiger partial charge in [0.2, 0.25) is 11.8 Å². The van der Waals surface area contributed by atoms with E-state index in [1.165, 1.54) is 12.0 Å². The van der Waals surface area contributed by atoms with Gasteiger partial charge in [-0.2, -0.15) is 0 Å². The minimum atomic E-state index is -0.967. The molecule has 1 atom stereocenters. The minimum absolute atomic E-state index is 0.313. The topological polar surface area (TPSA) is 114 Å². The first-order valence-corrected chi connectivity index (χ1v) is 10.7. The highest BCUT2D eigenvalue weighted by molar-refractivity contribution is 5.91. The van der Waals surface area contributed by atoms with Crippen molar-refractivity contribution in [2.24, 2.45) is 0 Å². The molecule has 0 radical (unpaired) electrons. The SMILES string of the molecule is CCCCCN(C(=O)CNC(=O)OC(C)(C)C)C(C(=O)NCC(=O)OC)c1ccccc1. The largest absolute Gasteiger partial charge is 0.468 e. The predicted molar refractivity (Wildman–Crippen MR) is 120 cm³/mol. The molecule has 1 unspecified atom stereocenters. The Morgan fingerprint density at radius 3 is 2.22 bits per heavy atom. The summed E-state index contributed by atoms with van der Waals surface area (Å²) in [6.07, 6.45) is 1.77. The number of nitrogens with zero attached hydrogens (tertiary/aromatic N) is 1. The molecule has 0 spiro atoms. The summed E-state index contributed by atoms with van der Waals surface area (Å²) in [7, 11) is 1.23. The van der Waals surface area contributed by atoms with Crippen molar-refractivity contribution >= 4 is 23.9 Å². The fourth-order valence-corrected chi connectivity index (χ4v) is 2.93. The number of hydrogen-bond donors (Lipinski definition) is 2. The number of nitrogens with one attached hydrogen (secondary N) is 2. The average Bonchev–Trinajstić information content (AvgIpc) is 2.74. The number of carbonyl (C=O) groups excluding carboxylic acids is 4. The molecule has 3 amide bonds. The van der Waals surface area contributed by atoms with Gasteiger partial charge in [-0.15, -0.1) is 0 Å². The van der Waals surface area contributed by atoms with Gasteiger partial charge in [-0.05, 0) is 32.8 Å². The van der Waals surface area contributed by atoms with Crippen LogP contribution in [0.3, 0.4) is 0 Å². The zero-order valence-corrected chi connectivity index (χ0v) is 19.6. The highest BCUT2D eigenvalue weighted by Crippen LogP contribution is 2.22. The normalized spacial score (nSPS) is 11.8. The van der Waals surface area contributed by atoms with Gasteiger partial charge < -0.3 is 25.0 Å². The number of carbonyl (C=O) groups is 4. The van der Waals surface area contributed by atoms with Crippen molar-refractivity contribution in [3.63, 3.8) is 0 Å². The smallest absolute Gasteiger partial charge is 0.408 e. The van der Waals surface area contributed by atoms with Gasteiger partial charge in [-0.3, -0.25) is 14.4 Å². The second-order valence-corrected chi connectivity index (χ2v) is 8.26. The molecular formula is C23H35N3O6. The van der Waals surface area contributed by atoms with Crippen LogP contribution in [0.1, 0.15) is 58.6 Å². The summed E-state index contributed by atoms with van der Waals surface area (Å²) in [5, 5.41) is 4.99. The maximum absolute atomic E-state index is 13.1. The van der Waals surface area contributed by atoms with E-state index in [2.05, 4.69) is 15.4 Å². The molecule has 0 aliphatic heterocycles. The number of unbranched alkanes of at least 4 members (excludes halogenated alkanes) is 2. The zero-order valence-electron chi connectivity index (χ0n) is 19.6. The number of rotatable bonds is 11. The summed E-state index contributed by atoms with van der Waals surface area (Å²) in [6.45, 7) is 6.88. The lowest BCUT2D eigenvalue weighted by Gasteiger charge is -2.31. The van der Waals surface area contributed by atoms with Crippen molar-refractivity contribution in [2.45, 2.75) is 58.6 Å². The van der Waals surface area contributed by atoms with Crippen LogP contribution in [0.5, 0.6) is 0 Å². The lowest BCUT2D eigenvalue weighted by molar-refractivity contribution is -0.143. The molecular weight excluding hydrogens is 414 g/mol. The minimum Gasteiger partial charge on any atom is -0.468 e. The fourth-order valence-electron chi connectivity index (χ4n) is 2.93. The van der Waals surface area contributed by atoms with Gasteiger partial charge in [-0.1, -0.05) is 50.1 Å². The molecule has 0 fully saturated rings. The van der Waals surface area contributed by atoms with Gasteiger partial charge in [0.25, 0.3) is 0 Å². The third-order valence-electron chi connectivity index (χ3n) is 4.42. The highest BCUT2D eigenvalue weighted by Gasteiger charge is 2.31. The summed E-state index contributed by atoms with van der Waals surface area (Å²) in [4.78, 5) is 51.1. The van der Waals surface area contributed by atoms with Crippen LogP contribution in [-0.4, -0.2) is 61.1 Å². The monoisotopic (exact) mass is 449 g/mol. The Bertz CT molecular complexity index is 761. The molecule has 0 saturated carbocycles. The van der Waals surface area contributed by atoms with Crippen molar-refractivity contribution in [1.29, 1.82) is 0 Å². The average molecular weight is 450 g/mol. The number of benzene rings is 1.